The number of aromatic nitrogens is 2. The first-order valence-corrected chi connectivity index (χ1v) is 5.67. The third-order valence-corrected chi connectivity index (χ3v) is 2.94. The molecule has 0 bridgehead atoms. The van der Waals surface area contributed by atoms with Gasteiger partial charge in [-0.3, -0.25) is 4.68 Å². The Hall–Kier alpha value is -1.09. The van der Waals surface area contributed by atoms with Crippen LogP contribution in [0.3, 0.4) is 0 Å². The van der Waals surface area contributed by atoms with Crippen molar-refractivity contribution in [1.82, 2.24) is 9.78 Å². The molecule has 1 aliphatic rings. The van der Waals surface area contributed by atoms with Gasteiger partial charge in [0.15, 0.2) is 0 Å². The first-order valence-electron chi connectivity index (χ1n) is 5.67. The molecule has 0 saturated heterocycles. The summed E-state index contributed by atoms with van der Waals surface area (Å²) in [6, 6.07) is 2.45. The quantitative estimate of drug-likeness (QED) is 0.765. The number of nitrogens with two attached hydrogens (primary N) is 1. The smallest absolute Gasteiger partial charge is 0.0596 e. The Balaban J connectivity index is 2.13. The van der Waals surface area contributed by atoms with E-state index >= 15 is 0 Å². The molecule has 1 unspecified atom stereocenters. The summed E-state index contributed by atoms with van der Waals surface area (Å²) in [6.45, 7) is 5.12. The number of allylic oxidation sites excluding steroid dienone is 1. The molecule has 0 saturated carbocycles. The highest BCUT2D eigenvalue weighted by atomic mass is 15.3. The van der Waals surface area contributed by atoms with E-state index in [0.29, 0.717) is 0 Å². The summed E-state index contributed by atoms with van der Waals surface area (Å²) in [5.41, 5.74) is 9.75. The van der Waals surface area contributed by atoms with Gasteiger partial charge in [-0.15, -0.1) is 0 Å². The van der Waals surface area contributed by atoms with E-state index in [1.807, 2.05) is 6.92 Å². The van der Waals surface area contributed by atoms with Crippen LogP contribution >= 0.6 is 0 Å². The summed E-state index contributed by atoms with van der Waals surface area (Å²) in [5.74, 6) is 0. The van der Waals surface area contributed by atoms with Crippen molar-refractivity contribution in [1.29, 1.82) is 0 Å². The summed E-state index contributed by atoms with van der Waals surface area (Å²) in [7, 11) is 0. The van der Waals surface area contributed by atoms with Gasteiger partial charge in [-0.25, -0.2) is 0 Å². The van der Waals surface area contributed by atoms with E-state index in [-0.39, 0.29) is 6.04 Å². The maximum absolute atomic E-state index is 5.86. The van der Waals surface area contributed by atoms with Crippen molar-refractivity contribution in [2.45, 2.75) is 45.7 Å². The minimum atomic E-state index is 0.277. The zero-order valence-corrected chi connectivity index (χ0v) is 9.53. The van der Waals surface area contributed by atoms with E-state index < -0.39 is 0 Å². The van der Waals surface area contributed by atoms with E-state index in [1.54, 1.807) is 0 Å². The van der Waals surface area contributed by atoms with Gasteiger partial charge in [-0.05, 0) is 32.8 Å². The minimum absolute atomic E-state index is 0.277. The van der Waals surface area contributed by atoms with Crippen molar-refractivity contribution in [2.75, 3.05) is 0 Å². The van der Waals surface area contributed by atoms with Crippen molar-refractivity contribution in [3.8, 4) is 0 Å². The fourth-order valence-electron chi connectivity index (χ4n) is 2.22. The molecule has 1 aromatic heterocycles. The van der Waals surface area contributed by atoms with Gasteiger partial charge in [-0.2, -0.15) is 5.10 Å². The summed E-state index contributed by atoms with van der Waals surface area (Å²) in [5, 5.41) is 4.45. The molecule has 15 heavy (non-hydrogen) atoms. The molecule has 1 aliphatic carbocycles. The average molecular weight is 205 g/mol. The number of hydrogen-bond donors (Lipinski definition) is 1. The van der Waals surface area contributed by atoms with Crippen molar-refractivity contribution in [3.63, 3.8) is 0 Å². The molecule has 3 nitrogen and oxygen atoms in total. The van der Waals surface area contributed by atoms with E-state index in [9.17, 15) is 0 Å². The monoisotopic (exact) mass is 205 g/mol. The van der Waals surface area contributed by atoms with Gasteiger partial charge in [0.1, 0.15) is 0 Å². The zero-order chi connectivity index (χ0) is 10.8. The van der Waals surface area contributed by atoms with E-state index in [0.717, 1.165) is 31.5 Å². The highest BCUT2D eigenvalue weighted by Gasteiger charge is 2.14. The Morgan fingerprint density at radius 1 is 1.60 bits per heavy atom. The Bertz CT molecular complexity index is 376. The van der Waals surface area contributed by atoms with Crippen LogP contribution in [0.2, 0.25) is 0 Å². The van der Waals surface area contributed by atoms with Crippen LogP contribution < -0.4 is 5.73 Å². The average Bonchev–Trinajstić information content (AvgIpc) is 2.73. The Labute approximate surface area is 91.0 Å². The summed E-state index contributed by atoms with van der Waals surface area (Å²) >= 11 is 0. The van der Waals surface area contributed by atoms with Crippen molar-refractivity contribution in [2.24, 2.45) is 5.73 Å². The van der Waals surface area contributed by atoms with Gasteiger partial charge in [0, 0.05) is 24.7 Å². The normalized spacial score (nSPS) is 20.7. The van der Waals surface area contributed by atoms with E-state index in [2.05, 4.69) is 28.8 Å². The summed E-state index contributed by atoms with van der Waals surface area (Å²) in [6.07, 6.45) is 5.48. The Morgan fingerprint density at radius 3 is 3.00 bits per heavy atom. The SMILES string of the molecule is CCn1nc(C)cc1CC1=CC(N)CC1. The topological polar surface area (TPSA) is 43.8 Å². The minimum Gasteiger partial charge on any atom is -0.324 e. The second-order valence-corrected chi connectivity index (χ2v) is 4.30. The standard InChI is InChI=1S/C12H19N3/c1-3-15-12(6-9(2)14-15)8-10-4-5-11(13)7-10/h6-7,11H,3-5,8,13H2,1-2H3. The Kier molecular flexibility index (Phi) is 2.91. The molecular weight excluding hydrogens is 186 g/mol. The fourth-order valence-corrected chi connectivity index (χ4v) is 2.22. The summed E-state index contributed by atoms with van der Waals surface area (Å²) in [4.78, 5) is 0. The van der Waals surface area contributed by atoms with Crippen LogP contribution in [0.5, 0.6) is 0 Å². The molecule has 0 spiro atoms. The number of rotatable bonds is 3. The number of hydrogen-bond acceptors (Lipinski definition) is 2. The Morgan fingerprint density at radius 2 is 2.40 bits per heavy atom. The van der Waals surface area contributed by atoms with Gasteiger partial charge < -0.3 is 5.73 Å². The van der Waals surface area contributed by atoms with Crippen LogP contribution in [0.4, 0.5) is 0 Å². The van der Waals surface area contributed by atoms with Crippen molar-refractivity contribution >= 4 is 0 Å². The van der Waals surface area contributed by atoms with Crippen molar-refractivity contribution in [3.05, 3.63) is 29.1 Å². The number of nitrogens with zero attached hydrogens (tertiary/aromatic N) is 2. The lowest BCUT2D eigenvalue weighted by Gasteiger charge is -2.04. The molecule has 0 aromatic carbocycles. The van der Waals surface area contributed by atoms with E-state index in [4.69, 9.17) is 5.73 Å². The van der Waals surface area contributed by atoms with Crippen LogP contribution in [0.1, 0.15) is 31.2 Å². The summed E-state index contributed by atoms with van der Waals surface area (Å²) < 4.78 is 2.08. The third kappa shape index (κ3) is 2.29. The van der Waals surface area contributed by atoms with Crippen LogP contribution in [0.15, 0.2) is 17.7 Å². The van der Waals surface area contributed by atoms with Crippen molar-refractivity contribution < 1.29 is 0 Å². The number of aryl methyl sites for hydroxylation is 2. The molecule has 0 radical (unpaired) electrons. The van der Waals surface area contributed by atoms with Gasteiger partial charge in [0.25, 0.3) is 0 Å². The second-order valence-electron chi connectivity index (χ2n) is 4.30. The molecule has 1 heterocycles. The molecule has 1 aromatic rings. The predicted molar refractivity (Wildman–Crippen MR) is 61.6 cm³/mol. The van der Waals surface area contributed by atoms with Crippen LogP contribution in [-0.2, 0) is 13.0 Å². The molecule has 82 valence electrons. The molecule has 1 atom stereocenters. The second kappa shape index (κ2) is 4.19. The first kappa shape index (κ1) is 10.4. The highest BCUT2D eigenvalue weighted by molar-refractivity contribution is 5.22. The highest BCUT2D eigenvalue weighted by Crippen LogP contribution is 2.21. The lowest BCUT2D eigenvalue weighted by atomic mass is 10.1. The zero-order valence-electron chi connectivity index (χ0n) is 9.53. The lowest BCUT2D eigenvalue weighted by molar-refractivity contribution is 0.622. The van der Waals surface area contributed by atoms with Crippen LogP contribution in [0.25, 0.3) is 0 Å². The predicted octanol–water partition coefficient (Wildman–Crippen LogP) is 1.80. The van der Waals surface area contributed by atoms with Gasteiger partial charge >= 0.3 is 0 Å². The molecule has 3 heteroatoms. The van der Waals surface area contributed by atoms with Crippen LogP contribution in [-0.4, -0.2) is 15.8 Å². The molecule has 0 fully saturated rings. The van der Waals surface area contributed by atoms with Crippen LogP contribution in [0, 0.1) is 6.92 Å². The van der Waals surface area contributed by atoms with E-state index in [1.165, 1.54) is 11.3 Å². The van der Waals surface area contributed by atoms with Gasteiger partial charge in [-0.1, -0.05) is 11.6 Å². The molecule has 2 rings (SSSR count). The maximum Gasteiger partial charge on any atom is 0.0596 e. The molecule has 2 N–H and O–H groups in total. The van der Waals surface area contributed by atoms with Gasteiger partial charge in [0.2, 0.25) is 0 Å². The third-order valence-electron chi connectivity index (χ3n) is 2.94. The maximum atomic E-state index is 5.86. The van der Waals surface area contributed by atoms with Gasteiger partial charge in [0.05, 0.1) is 5.69 Å². The lowest BCUT2D eigenvalue weighted by Crippen LogP contribution is -2.11. The fraction of sp³-hybridized carbons (Fsp3) is 0.583. The first-order chi connectivity index (χ1) is 7.19. The largest absolute Gasteiger partial charge is 0.324 e. The molecule has 0 aliphatic heterocycles. The molecular formula is C12H19N3. The molecule has 0 amide bonds.